The van der Waals surface area contributed by atoms with Gasteiger partial charge in [-0.25, -0.2) is 4.98 Å². The average molecular weight is 251 g/mol. The van der Waals surface area contributed by atoms with Crippen LogP contribution >= 0.6 is 15.9 Å². The number of nitrogens with zero attached hydrogens (tertiary/aromatic N) is 2. The first-order valence-corrected chi connectivity index (χ1v) is 5.24. The van der Waals surface area contributed by atoms with Gasteiger partial charge in [-0.1, -0.05) is 17.7 Å². The number of hydrogen-bond donors (Lipinski definition) is 0. The van der Waals surface area contributed by atoms with E-state index in [1.165, 1.54) is 16.8 Å². The highest BCUT2D eigenvalue weighted by Crippen LogP contribution is 2.19. The van der Waals surface area contributed by atoms with Crippen molar-refractivity contribution in [3.05, 3.63) is 46.5 Å². The first-order valence-electron chi connectivity index (χ1n) is 4.45. The fourth-order valence-electron chi connectivity index (χ4n) is 1.54. The van der Waals surface area contributed by atoms with Gasteiger partial charge in [0.15, 0.2) is 4.73 Å². The van der Waals surface area contributed by atoms with Crippen LogP contribution in [0.4, 0.5) is 0 Å². The van der Waals surface area contributed by atoms with Gasteiger partial charge in [0.1, 0.15) is 0 Å². The second-order valence-electron chi connectivity index (χ2n) is 3.36. The summed E-state index contributed by atoms with van der Waals surface area (Å²) in [5.41, 5.74) is 3.70. The third-order valence-electron chi connectivity index (χ3n) is 2.21. The number of halogens is 1. The van der Waals surface area contributed by atoms with Crippen molar-refractivity contribution in [3.63, 3.8) is 0 Å². The molecule has 72 valence electrons. The van der Waals surface area contributed by atoms with Crippen LogP contribution in [0, 0.1) is 13.8 Å². The van der Waals surface area contributed by atoms with Gasteiger partial charge in [-0.2, -0.15) is 0 Å². The summed E-state index contributed by atoms with van der Waals surface area (Å²) in [6.07, 6.45) is 3.73. The number of aromatic nitrogens is 2. The number of rotatable bonds is 1. The van der Waals surface area contributed by atoms with Gasteiger partial charge in [0.05, 0.1) is 5.69 Å². The van der Waals surface area contributed by atoms with E-state index in [0.29, 0.717) is 0 Å². The van der Waals surface area contributed by atoms with Crippen LogP contribution in [0.1, 0.15) is 11.1 Å². The SMILES string of the molecule is Cc1ccc(-n2ccnc2Br)c(C)c1. The Hall–Kier alpha value is -1.09. The molecule has 0 radical (unpaired) electrons. The van der Waals surface area contributed by atoms with Crippen LogP contribution in [-0.2, 0) is 0 Å². The summed E-state index contributed by atoms with van der Waals surface area (Å²) in [5, 5.41) is 0. The maximum absolute atomic E-state index is 4.14. The zero-order chi connectivity index (χ0) is 10.1. The lowest BCUT2D eigenvalue weighted by Crippen LogP contribution is -1.96. The Balaban J connectivity index is 2.58. The zero-order valence-electron chi connectivity index (χ0n) is 8.16. The number of imidazole rings is 1. The molecule has 0 amide bonds. The number of hydrogen-bond acceptors (Lipinski definition) is 1. The predicted octanol–water partition coefficient (Wildman–Crippen LogP) is 3.25. The molecule has 0 saturated carbocycles. The Morgan fingerprint density at radius 1 is 1.29 bits per heavy atom. The monoisotopic (exact) mass is 250 g/mol. The Morgan fingerprint density at radius 3 is 2.64 bits per heavy atom. The van der Waals surface area contributed by atoms with Crippen molar-refractivity contribution in [2.45, 2.75) is 13.8 Å². The van der Waals surface area contributed by atoms with Crippen molar-refractivity contribution >= 4 is 15.9 Å². The first-order chi connectivity index (χ1) is 6.68. The highest BCUT2D eigenvalue weighted by Gasteiger charge is 2.04. The Kier molecular flexibility index (Phi) is 2.42. The van der Waals surface area contributed by atoms with Crippen molar-refractivity contribution in [3.8, 4) is 5.69 Å². The third-order valence-corrected chi connectivity index (χ3v) is 2.79. The lowest BCUT2D eigenvalue weighted by Gasteiger charge is -2.08. The molecule has 0 fully saturated rings. The van der Waals surface area contributed by atoms with Crippen LogP contribution in [0.5, 0.6) is 0 Å². The van der Waals surface area contributed by atoms with Crippen LogP contribution in [0.3, 0.4) is 0 Å². The Morgan fingerprint density at radius 2 is 2.07 bits per heavy atom. The fourth-order valence-corrected chi connectivity index (χ4v) is 1.97. The lowest BCUT2D eigenvalue weighted by atomic mass is 10.1. The molecule has 1 aromatic carbocycles. The Bertz CT molecular complexity index is 460. The van der Waals surface area contributed by atoms with Crippen LogP contribution in [0.25, 0.3) is 5.69 Å². The smallest absolute Gasteiger partial charge is 0.181 e. The molecule has 14 heavy (non-hydrogen) atoms. The van der Waals surface area contributed by atoms with Crippen LogP contribution in [0.15, 0.2) is 35.3 Å². The highest BCUT2D eigenvalue weighted by molar-refractivity contribution is 9.10. The zero-order valence-corrected chi connectivity index (χ0v) is 9.75. The molecule has 0 aliphatic carbocycles. The molecule has 2 aromatic rings. The molecule has 0 spiro atoms. The first kappa shape index (κ1) is 9.46. The van der Waals surface area contributed by atoms with Crippen LogP contribution < -0.4 is 0 Å². The van der Waals surface area contributed by atoms with Gasteiger partial charge in [-0.3, -0.25) is 4.57 Å². The van der Waals surface area contributed by atoms with E-state index in [0.717, 1.165) is 4.73 Å². The van der Waals surface area contributed by atoms with Crippen molar-refractivity contribution < 1.29 is 0 Å². The average Bonchev–Trinajstić information content (AvgIpc) is 2.52. The molecular formula is C11H11BrN2. The molecule has 0 saturated heterocycles. The molecule has 3 heteroatoms. The van der Waals surface area contributed by atoms with Crippen molar-refractivity contribution in [2.24, 2.45) is 0 Å². The minimum absolute atomic E-state index is 0.837. The van der Waals surface area contributed by atoms with E-state index in [1.54, 1.807) is 6.20 Å². The van der Waals surface area contributed by atoms with E-state index in [9.17, 15) is 0 Å². The molecule has 0 aliphatic rings. The maximum atomic E-state index is 4.14. The highest BCUT2D eigenvalue weighted by atomic mass is 79.9. The van der Waals surface area contributed by atoms with Gasteiger partial charge < -0.3 is 0 Å². The molecule has 2 nitrogen and oxygen atoms in total. The third kappa shape index (κ3) is 1.60. The lowest BCUT2D eigenvalue weighted by molar-refractivity contribution is 0.998. The van der Waals surface area contributed by atoms with Gasteiger partial charge in [0.25, 0.3) is 0 Å². The molecule has 0 atom stereocenters. The van der Waals surface area contributed by atoms with E-state index < -0.39 is 0 Å². The summed E-state index contributed by atoms with van der Waals surface area (Å²) >= 11 is 3.41. The summed E-state index contributed by atoms with van der Waals surface area (Å²) in [7, 11) is 0. The Labute approximate surface area is 91.7 Å². The van der Waals surface area contributed by atoms with Crippen molar-refractivity contribution in [2.75, 3.05) is 0 Å². The standard InChI is InChI=1S/C11H11BrN2/c1-8-3-4-10(9(2)7-8)14-6-5-13-11(14)12/h3-7H,1-2H3. The van der Waals surface area contributed by atoms with E-state index in [-0.39, 0.29) is 0 Å². The normalized spacial score (nSPS) is 10.5. The van der Waals surface area contributed by atoms with Gasteiger partial charge in [0.2, 0.25) is 0 Å². The molecule has 0 bridgehead atoms. The maximum Gasteiger partial charge on any atom is 0.181 e. The molecule has 1 heterocycles. The molecule has 1 aromatic heterocycles. The molecule has 0 N–H and O–H groups in total. The molecule has 0 unspecified atom stereocenters. The van der Waals surface area contributed by atoms with E-state index >= 15 is 0 Å². The summed E-state index contributed by atoms with van der Waals surface area (Å²) in [4.78, 5) is 4.14. The minimum Gasteiger partial charge on any atom is -0.294 e. The summed E-state index contributed by atoms with van der Waals surface area (Å²) < 4.78 is 2.86. The van der Waals surface area contributed by atoms with Gasteiger partial charge in [-0.05, 0) is 41.4 Å². The number of aryl methyl sites for hydroxylation is 2. The largest absolute Gasteiger partial charge is 0.294 e. The summed E-state index contributed by atoms with van der Waals surface area (Å²) in [5.74, 6) is 0. The van der Waals surface area contributed by atoms with E-state index in [1.807, 2.05) is 10.8 Å². The quantitative estimate of drug-likeness (QED) is 0.760. The summed E-state index contributed by atoms with van der Waals surface area (Å²) in [6.45, 7) is 4.20. The van der Waals surface area contributed by atoms with Gasteiger partial charge in [0, 0.05) is 12.4 Å². The second kappa shape index (κ2) is 3.58. The topological polar surface area (TPSA) is 17.8 Å². The van der Waals surface area contributed by atoms with Crippen LogP contribution in [-0.4, -0.2) is 9.55 Å². The van der Waals surface area contributed by atoms with Gasteiger partial charge in [-0.15, -0.1) is 0 Å². The van der Waals surface area contributed by atoms with E-state index in [4.69, 9.17) is 0 Å². The van der Waals surface area contributed by atoms with Crippen LogP contribution in [0.2, 0.25) is 0 Å². The molecular weight excluding hydrogens is 240 g/mol. The number of benzene rings is 1. The second-order valence-corrected chi connectivity index (χ2v) is 4.07. The fraction of sp³-hybridized carbons (Fsp3) is 0.182. The van der Waals surface area contributed by atoms with Crippen molar-refractivity contribution in [1.29, 1.82) is 0 Å². The van der Waals surface area contributed by atoms with Crippen molar-refractivity contribution in [1.82, 2.24) is 9.55 Å². The van der Waals surface area contributed by atoms with E-state index in [2.05, 4.69) is 53.0 Å². The molecule has 0 aliphatic heterocycles. The summed E-state index contributed by atoms with van der Waals surface area (Å²) in [6, 6.07) is 6.38. The minimum atomic E-state index is 0.837. The van der Waals surface area contributed by atoms with Gasteiger partial charge >= 0.3 is 0 Å². The predicted molar refractivity (Wildman–Crippen MR) is 60.7 cm³/mol. The molecule has 2 rings (SSSR count).